The second kappa shape index (κ2) is 7.12. The fraction of sp³-hybridized carbons (Fsp3) is 0.538. The normalized spacial score (nSPS) is 10.5. The van der Waals surface area contributed by atoms with Gasteiger partial charge in [0.25, 0.3) is 0 Å². The van der Waals surface area contributed by atoms with E-state index < -0.39 is 0 Å². The number of quaternary nitrogens is 1. The minimum absolute atomic E-state index is 0.700. The van der Waals surface area contributed by atoms with Crippen LogP contribution >= 0.6 is 0 Å². The quantitative estimate of drug-likeness (QED) is 0.698. The molecule has 0 atom stereocenters. The van der Waals surface area contributed by atoms with Gasteiger partial charge in [0.1, 0.15) is 11.5 Å². The van der Waals surface area contributed by atoms with Crippen molar-refractivity contribution in [3.8, 4) is 11.5 Å². The van der Waals surface area contributed by atoms with Crippen LogP contribution in [0.1, 0.15) is 13.3 Å². The average Bonchev–Trinajstić information content (AvgIpc) is 2.27. The number of nitrogens with one attached hydrogen (secondary N) is 1. The van der Waals surface area contributed by atoms with Crippen LogP contribution in [0.5, 0.6) is 11.5 Å². The zero-order valence-corrected chi connectivity index (χ0v) is 10.5. The van der Waals surface area contributed by atoms with E-state index in [9.17, 15) is 0 Å². The summed E-state index contributed by atoms with van der Waals surface area (Å²) in [5.41, 5.74) is 0. The standard InChI is InChI=1S/C13H21NO2/c1-4-15-12-6-8-13(9-7-12)16-11-5-10-14(2)3/h6-9H,4-5,10-11H2,1-3H3/p+1. The Morgan fingerprint density at radius 3 is 2.06 bits per heavy atom. The molecule has 1 aromatic rings. The number of benzene rings is 1. The van der Waals surface area contributed by atoms with Gasteiger partial charge in [0, 0.05) is 6.42 Å². The summed E-state index contributed by atoms with van der Waals surface area (Å²) in [5.74, 6) is 1.81. The van der Waals surface area contributed by atoms with Crippen molar-refractivity contribution in [2.75, 3.05) is 33.9 Å². The van der Waals surface area contributed by atoms with Crippen molar-refractivity contribution in [2.24, 2.45) is 0 Å². The van der Waals surface area contributed by atoms with E-state index in [-0.39, 0.29) is 0 Å². The lowest BCUT2D eigenvalue weighted by atomic mass is 10.3. The van der Waals surface area contributed by atoms with Crippen LogP contribution in [0.4, 0.5) is 0 Å². The Bertz CT molecular complexity index is 282. The summed E-state index contributed by atoms with van der Waals surface area (Å²) in [6, 6.07) is 7.78. The molecule has 0 aromatic heterocycles. The summed E-state index contributed by atoms with van der Waals surface area (Å²) in [4.78, 5) is 1.45. The highest BCUT2D eigenvalue weighted by atomic mass is 16.5. The largest absolute Gasteiger partial charge is 0.494 e. The molecule has 0 spiro atoms. The van der Waals surface area contributed by atoms with Crippen LogP contribution in [0.25, 0.3) is 0 Å². The maximum absolute atomic E-state index is 5.62. The molecule has 0 saturated heterocycles. The van der Waals surface area contributed by atoms with E-state index in [1.807, 2.05) is 31.2 Å². The van der Waals surface area contributed by atoms with E-state index in [0.717, 1.165) is 31.1 Å². The van der Waals surface area contributed by atoms with Gasteiger partial charge in [-0.3, -0.25) is 0 Å². The van der Waals surface area contributed by atoms with Gasteiger partial charge in [0.15, 0.2) is 0 Å². The minimum atomic E-state index is 0.700. The van der Waals surface area contributed by atoms with Gasteiger partial charge in [0.05, 0.1) is 33.9 Å². The Balaban J connectivity index is 2.26. The summed E-state index contributed by atoms with van der Waals surface area (Å²) in [7, 11) is 4.30. The Labute approximate surface area is 98.0 Å². The number of hydrogen-bond acceptors (Lipinski definition) is 2. The van der Waals surface area contributed by atoms with Gasteiger partial charge in [-0.25, -0.2) is 0 Å². The maximum atomic E-state index is 5.62. The van der Waals surface area contributed by atoms with Gasteiger partial charge in [-0.2, -0.15) is 0 Å². The number of ether oxygens (including phenoxy) is 2. The van der Waals surface area contributed by atoms with Crippen molar-refractivity contribution in [3.63, 3.8) is 0 Å². The molecule has 1 aromatic carbocycles. The first-order valence-corrected chi connectivity index (χ1v) is 5.87. The smallest absolute Gasteiger partial charge is 0.119 e. The van der Waals surface area contributed by atoms with Crippen molar-refractivity contribution >= 4 is 0 Å². The fourth-order valence-electron chi connectivity index (χ4n) is 1.41. The number of rotatable bonds is 7. The minimum Gasteiger partial charge on any atom is -0.494 e. The lowest BCUT2D eigenvalue weighted by molar-refractivity contribution is -0.858. The van der Waals surface area contributed by atoms with Gasteiger partial charge < -0.3 is 14.4 Å². The van der Waals surface area contributed by atoms with Gasteiger partial charge in [0.2, 0.25) is 0 Å². The molecule has 1 rings (SSSR count). The summed E-state index contributed by atoms with van der Waals surface area (Å²) < 4.78 is 11.0. The Morgan fingerprint density at radius 2 is 1.56 bits per heavy atom. The van der Waals surface area contributed by atoms with Crippen LogP contribution in [-0.4, -0.2) is 33.9 Å². The third-order valence-electron chi connectivity index (χ3n) is 2.22. The molecule has 0 aliphatic heterocycles. The topological polar surface area (TPSA) is 22.9 Å². The summed E-state index contributed by atoms with van der Waals surface area (Å²) in [6.45, 7) is 4.59. The summed E-state index contributed by atoms with van der Waals surface area (Å²) in [5, 5.41) is 0. The molecule has 0 fully saturated rings. The molecular weight excluding hydrogens is 202 g/mol. The van der Waals surface area contributed by atoms with Crippen LogP contribution < -0.4 is 14.4 Å². The molecule has 0 heterocycles. The molecular formula is C13H22NO2+. The van der Waals surface area contributed by atoms with Gasteiger partial charge in [-0.15, -0.1) is 0 Å². The van der Waals surface area contributed by atoms with E-state index >= 15 is 0 Å². The highest BCUT2D eigenvalue weighted by Gasteiger charge is 1.97. The molecule has 0 saturated carbocycles. The first-order valence-electron chi connectivity index (χ1n) is 5.87. The highest BCUT2D eigenvalue weighted by molar-refractivity contribution is 5.31. The van der Waals surface area contributed by atoms with Crippen LogP contribution in [-0.2, 0) is 0 Å². The average molecular weight is 224 g/mol. The van der Waals surface area contributed by atoms with Crippen molar-refractivity contribution in [3.05, 3.63) is 24.3 Å². The predicted octanol–water partition coefficient (Wildman–Crippen LogP) is 0.999. The van der Waals surface area contributed by atoms with E-state index in [2.05, 4.69) is 14.1 Å². The predicted molar refractivity (Wildman–Crippen MR) is 65.4 cm³/mol. The van der Waals surface area contributed by atoms with Crippen molar-refractivity contribution in [2.45, 2.75) is 13.3 Å². The van der Waals surface area contributed by atoms with Gasteiger partial charge in [-0.1, -0.05) is 0 Å². The molecule has 1 N–H and O–H groups in total. The van der Waals surface area contributed by atoms with E-state index in [0.29, 0.717) is 6.61 Å². The molecule has 0 aliphatic rings. The van der Waals surface area contributed by atoms with Crippen LogP contribution in [0, 0.1) is 0 Å². The Hall–Kier alpha value is -1.22. The van der Waals surface area contributed by atoms with Gasteiger partial charge >= 0.3 is 0 Å². The third-order valence-corrected chi connectivity index (χ3v) is 2.22. The van der Waals surface area contributed by atoms with Crippen molar-refractivity contribution in [1.82, 2.24) is 0 Å². The molecule has 16 heavy (non-hydrogen) atoms. The SMILES string of the molecule is CCOc1ccc(OCCC[NH+](C)C)cc1. The second-order valence-corrected chi connectivity index (χ2v) is 4.06. The first kappa shape index (κ1) is 12.8. The Morgan fingerprint density at radius 1 is 1.00 bits per heavy atom. The van der Waals surface area contributed by atoms with E-state index in [1.165, 1.54) is 4.90 Å². The van der Waals surface area contributed by atoms with Crippen molar-refractivity contribution in [1.29, 1.82) is 0 Å². The molecule has 90 valence electrons. The lowest BCUT2D eigenvalue weighted by Crippen LogP contribution is -3.05. The molecule has 3 nitrogen and oxygen atoms in total. The van der Waals surface area contributed by atoms with Crippen LogP contribution in [0.3, 0.4) is 0 Å². The monoisotopic (exact) mass is 224 g/mol. The Kier molecular flexibility index (Phi) is 5.72. The van der Waals surface area contributed by atoms with E-state index in [4.69, 9.17) is 9.47 Å². The molecule has 0 unspecified atom stereocenters. The molecule has 0 radical (unpaired) electrons. The zero-order valence-electron chi connectivity index (χ0n) is 10.5. The van der Waals surface area contributed by atoms with E-state index in [1.54, 1.807) is 0 Å². The maximum Gasteiger partial charge on any atom is 0.119 e. The molecule has 0 bridgehead atoms. The van der Waals surface area contributed by atoms with Crippen LogP contribution in [0.15, 0.2) is 24.3 Å². The highest BCUT2D eigenvalue weighted by Crippen LogP contribution is 2.17. The lowest BCUT2D eigenvalue weighted by Gasteiger charge is -2.09. The van der Waals surface area contributed by atoms with Crippen molar-refractivity contribution < 1.29 is 14.4 Å². The molecule has 0 amide bonds. The first-order chi connectivity index (χ1) is 7.72. The summed E-state index contributed by atoms with van der Waals surface area (Å²) in [6.07, 6.45) is 1.08. The zero-order chi connectivity index (χ0) is 11.8. The van der Waals surface area contributed by atoms with Gasteiger partial charge in [-0.05, 0) is 31.2 Å². The molecule has 0 aliphatic carbocycles. The molecule has 3 heteroatoms. The summed E-state index contributed by atoms with van der Waals surface area (Å²) >= 11 is 0. The van der Waals surface area contributed by atoms with Crippen LogP contribution in [0.2, 0.25) is 0 Å². The fourth-order valence-corrected chi connectivity index (χ4v) is 1.41. The second-order valence-electron chi connectivity index (χ2n) is 4.06. The third kappa shape index (κ3) is 5.03. The number of hydrogen-bond donors (Lipinski definition) is 1.